The lowest BCUT2D eigenvalue weighted by Gasteiger charge is -2.17. The normalized spacial score (nSPS) is 11.9. The fraction of sp³-hybridized carbons (Fsp3) is 0.222. The molecular formula is C27H20F9N3O6. The van der Waals surface area contributed by atoms with Gasteiger partial charge in [0.1, 0.15) is 17.2 Å². The lowest BCUT2D eigenvalue weighted by atomic mass is 9.98. The molecular weight excluding hydrogens is 633 g/mol. The lowest BCUT2D eigenvalue weighted by Crippen LogP contribution is -2.31. The Hall–Kier alpha value is -5.16. The second-order valence-corrected chi connectivity index (χ2v) is 8.91. The molecule has 0 aliphatic carbocycles. The van der Waals surface area contributed by atoms with Crippen molar-refractivity contribution in [2.24, 2.45) is 5.92 Å². The van der Waals surface area contributed by atoms with Gasteiger partial charge >= 0.3 is 19.1 Å². The SMILES string of the molecule is O=C(CC(CC(=O)Nc1ccc(OC(F)(F)F)cc1)C(=O)Nc1ccc(OC(F)(F)F)cc1)Nc1ccc(OC(F)(F)F)cc1. The number of nitrogens with one attached hydrogen (secondary N) is 3. The molecule has 3 amide bonds. The van der Waals surface area contributed by atoms with Crippen LogP contribution in [0.25, 0.3) is 0 Å². The summed E-state index contributed by atoms with van der Waals surface area (Å²) in [5.74, 6) is -5.78. The van der Waals surface area contributed by atoms with E-state index in [0.717, 1.165) is 72.8 Å². The first-order valence-electron chi connectivity index (χ1n) is 12.3. The number of anilines is 3. The number of benzene rings is 3. The van der Waals surface area contributed by atoms with Crippen molar-refractivity contribution in [3.05, 3.63) is 72.8 Å². The topological polar surface area (TPSA) is 115 Å². The van der Waals surface area contributed by atoms with Gasteiger partial charge in [0.25, 0.3) is 0 Å². The summed E-state index contributed by atoms with van der Waals surface area (Å²) in [5.41, 5.74) is -0.0000427. The van der Waals surface area contributed by atoms with E-state index < -0.39 is 72.8 Å². The number of ether oxygens (including phenoxy) is 3. The summed E-state index contributed by atoms with van der Waals surface area (Å²) in [7, 11) is 0. The summed E-state index contributed by atoms with van der Waals surface area (Å²) < 4.78 is 123. The number of halogens is 9. The Morgan fingerprint density at radius 1 is 0.489 bits per heavy atom. The molecule has 3 aromatic carbocycles. The number of hydrogen-bond acceptors (Lipinski definition) is 6. The van der Waals surface area contributed by atoms with Gasteiger partial charge in [-0.1, -0.05) is 0 Å². The molecule has 0 aromatic heterocycles. The zero-order chi connectivity index (χ0) is 33.4. The minimum atomic E-state index is -4.96. The number of rotatable bonds is 11. The third-order valence-electron chi connectivity index (χ3n) is 5.33. The summed E-state index contributed by atoms with van der Waals surface area (Å²) in [6, 6.07) is 11.9. The standard InChI is InChI=1S/C27H20F9N3O6/c28-25(29,30)43-19-7-1-16(2-8-19)37-22(40)13-15(24(42)39-18-5-11-21(12-6-18)45-27(34,35)36)14-23(41)38-17-3-9-20(10-4-17)44-26(31,32)33/h1-12,15H,13-14H2,(H,37,40)(H,38,41)(H,39,42). The summed E-state index contributed by atoms with van der Waals surface area (Å²) in [6.07, 6.45) is -16.2. The van der Waals surface area contributed by atoms with E-state index in [1.165, 1.54) is 0 Å². The van der Waals surface area contributed by atoms with Crippen LogP contribution < -0.4 is 30.2 Å². The monoisotopic (exact) mass is 653 g/mol. The Kier molecular flexibility index (Phi) is 10.7. The maximum Gasteiger partial charge on any atom is 0.573 e. The fourth-order valence-electron chi connectivity index (χ4n) is 3.59. The average molecular weight is 653 g/mol. The van der Waals surface area contributed by atoms with E-state index in [2.05, 4.69) is 30.2 Å². The van der Waals surface area contributed by atoms with Crippen LogP contribution in [-0.4, -0.2) is 36.8 Å². The molecule has 242 valence electrons. The predicted octanol–water partition coefficient (Wildman–Crippen LogP) is 6.99. The van der Waals surface area contributed by atoms with E-state index in [1.807, 2.05) is 0 Å². The van der Waals surface area contributed by atoms with Crippen LogP contribution in [0, 0.1) is 5.92 Å². The van der Waals surface area contributed by atoms with Crippen LogP contribution in [0.5, 0.6) is 17.2 Å². The summed E-state index contributed by atoms with van der Waals surface area (Å²) in [5, 5.41) is 7.03. The molecule has 0 spiro atoms. The highest BCUT2D eigenvalue weighted by Gasteiger charge is 2.33. The van der Waals surface area contributed by atoms with E-state index >= 15 is 0 Å². The third kappa shape index (κ3) is 12.9. The van der Waals surface area contributed by atoms with Crippen LogP contribution in [-0.2, 0) is 14.4 Å². The molecule has 0 radical (unpaired) electrons. The smallest absolute Gasteiger partial charge is 0.406 e. The Morgan fingerprint density at radius 2 is 0.756 bits per heavy atom. The van der Waals surface area contributed by atoms with Crippen LogP contribution in [0.3, 0.4) is 0 Å². The van der Waals surface area contributed by atoms with E-state index in [0.29, 0.717) is 0 Å². The van der Waals surface area contributed by atoms with Gasteiger partial charge in [0, 0.05) is 29.9 Å². The maximum atomic E-state index is 13.0. The first-order valence-corrected chi connectivity index (χ1v) is 12.3. The van der Waals surface area contributed by atoms with Crippen LogP contribution in [0.4, 0.5) is 56.6 Å². The summed E-state index contributed by atoms with van der Waals surface area (Å²) >= 11 is 0. The Labute approximate surface area is 247 Å². The molecule has 45 heavy (non-hydrogen) atoms. The molecule has 0 saturated carbocycles. The summed E-state index contributed by atoms with van der Waals surface area (Å²) in [6.45, 7) is 0. The van der Waals surface area contributed by atoms with Crippen molar-refractivity contribution in [1.29, 1.82) is 0 Å². The number of amides is 3. The molecule has 0 atom stereocenters. The minimum absolute atomic E-state index is 0.0135. The van der Waals surface area contributed by atoms with Gasteiger partial charge in [-0.25, -0.2) is 0 Å². The van der Waals surface area contributed by atoms with Crippen LogP contribution in [0.1, 0.15) is 12.8 Å². The zero-order valence-corrected chi connectivity index (χ0v) is 22.3. The van der Waals surface area contributed by atoms with Gasteiger partial charge in [0.2, 0.25) is 17.7 Å². The highest BCUT2D eigenvalue weighted by atomic mass is 19.4. The van der Waals surface area contributed by atoms with Crippen LogP contribution in [0.15, 0.2) is 72.8 Å². The Balaban J connectivity index is 1.70. The second kappa shape index (κ2) is 14.1. The quantitative estimate of drug-likeness (QED) is 0.192. The van der Waals surface area contributed by atoms with E-state index in [-0.39, 0.29) is 17.1 Å². The molecule has 3 N–H and O–H groups in total. The molecule has 0 aliphatic heterocycles. The molecule has 0 saturated heterocycles. The maximum absolute atomic E-state index is 13.0. The van der Waals surface area contributed by atoms with Crippen molar-refractivity contribution in [3.8, 4) is 17.2 Å². The molecule has 0 heterocycles. The Bertz CT molecular complexity index is 1380. The van der Waals surface area contributed by atoms with Crippen LogP contribution >= 0.6 is 0 Å². The summed E-state index contributed by atoms with van der Waals surface area (Å²) in [4.78, 5) is 38.4. The van der Waals surface area contributed by atoms with Crippen molar-refractivity contribution < 1.29 is 68.1 Å². The lowest BCUT2D eigenvalue weighted by molar-refractivity contribution is -0.275. The van der Waals surface area contributed by atoms with Crippen molar-refractivity contribution in [2.45, 2.75) is 31.9 Å². The fourth-order valence-corrected chi connectivity index (χ4v) is 3.59. The molecule has 0 bridgehead atoms. The molecule has 18 heteroatoms. The molecule has 3 aromatic rings. The van der Waals surface area contributed by atoms with Crippen molar-refractivity contribution in [1.82, 2.24) is 0 Å². The Morgan fingerprint density at radius 3 is 1.02 bits per heavy atom. The predicted molar refractivity (Wildman–Crippen MR) is 138 cm³/mol. The zero-order valence-electron chi connectivity index (χ0n) is 22.3. The van der Waals surface area contributed by atoms with Gasteiger partial charge in [-0.2, -0.15) is 0 Å². The van der Waals surface area contributed by atoms with E-state index in [9.17, 15) is 53.9 Å². The largest absolute Gasteiger partial charge is 0.573 e. The van der Waals surface area contributed by atoms with Crippen molar-refractivity contribution in [2.75, 3.05) is 16.0 Å². The first kappa shape index (κ1) is 34.3. The molecule has 0 unspecified atom stereocenters. The van der Waals surface area contributed by atoms with Gasteiger partial charge < -0.3 is 30.2 Å². The molecule has 9 nitrogen and oxygen atoms in total. The third-order valence-corrected chi connectivity index (χ3v) is 5.33. The van der Waals surface area contributed by atoms with Gasteiger partial charge in [0.05, 0.1) is 5.92 Å². The van der Waals surface area contributed by atoms with Crippen LogP contribution in [0.2, 0.25) is 0 Å². The molecule has 3 rings (SSSR count). The van der Waals surface area contributed by atoms with Gasteiger partial charge in [-0.05, 0) is 72.8 Å². The second-order valence-electron chi connectivity index (χ2n) is 8.91. The molecule has 0 aliphatic rings. The number of carbonyl (C=O) groups is 3. The highest BCUT2D eigenvalue weighted by Crippen LogP contribution is 2.27. The number of alkyl halides is 9. The highest BCUT2D eigenvalue weighted by molar-refractivity contribution is 6.01. The molecule has 0 fully saturated rings. The number of carbonyl (C=O) groups excluding carboxylic acids is 3. The van der Waals surface area contributed by atoms with Gasteiger partial charge in [-0.3, -0.25) is 14.4 Å². The van der Waals surface area contributed by atoms with Crippen molar-refractivity contribution >= 4 is 34.8 Å². The average Bonchev–Trinajstić information content (AvgIpc) is 2.89. The first-order chi connectivity index (χ1) is 20.8. The van der Waals surface area contributed by atoms with E-state index in [1.54, 1.807) is 0 Å². The minimum Gasteiger partial charge on any atom is -0.406 e. The number of hydrogen-bond donors (Lipinski definition) is 3. The van der Waals surface area contributed by atoms with Gasteiger partial charge in [0.15, 0.2) is 0 Å². The van der Waals surface area contributed by atoms with E-state index in [4.69, 9.17) is 0 Å². The van der Waals surface area contributed by atoms with Gasteiger partial charge in [-0.15, -0.1) is 39.5 Å². The van der Waals surface area contributed by atoms with Crippen molar-refractivity contribution in [3.63, 3.8) is 0 Å².